The molecule has 3 rings (SSSR count). The maximum atomic E-state index is 2.42. The monoisotopic (exact) mass is 357 g/mol. The summed E-state index contributed by atoms with van der Waals surface area (Å²) in [5.74, 6) is 0.590. The van der Waals surface area contributed by atoms with Gasteiger partial charge in [-0.15, -0.1) is 0 Å². The summed E-state index contributed by atoms with van der Waals surface area (Å²) in [6.45, 7) is 9.05. The molecule has 0 unspecified atom stereocenters. The van der Waals surface area contributed by atoms with Crippen molar-refractivity contribution in [1.82, 2.24) is 0 Å². The van der Waals surface area contributed by atoms with Gasteiger partial charge in [0, 0.05) is 19.8 Å². The van der Waals surface area contributed by atoms with E-state index in [9.17, 15) is 0 Å². The summed E-state index contributed by atoms with van der Waals surface area (Å²) in [7, 11) is 4.13. The molecule has 1 nitrogen and oxygen atoms in total. The number of hydrogen-bond acceptors (Lipinski definition) is 1. The molecule has 1 heteroatoms. The molecule has 140 valence electrons. The van der Waals surface area contributed by atoms with Crippen molar-refractivity contribution in [2.24, 2.45) is 5.92 Å². The normalized spacial score (nSPS) is 18.6. The number of nitrogens with zero attached hydrogens (tertiary/aromatic N) is 1. The van der Waals surface area contributed by atoms with Crippen molar-refractivity contribution < 1.29 is 0 Å². The Hall–Kier alpha value is -2.54. The van der Waals surface area contributed by atoms with E-state index in [1.54, 1.807) is 0 Å². The Bertz CT molecular complexity index is 894. The summed E-state index contributed by atoms with van der Waals surface area (Å²) < 4.78 is 0. The molecule has 27 heavy (non-hydrogen) atoms. The third kappa shape index (κ3) is 4.24. The maximum Gasteiger partial charge on any atom is 0.0361 e. The molecule has 0 aliphatic heterocycles. The zero-order valence-corrected chi connectivity index (χ0v) is 17.5. The van der Waals surface area contributed by atoms with Crippen LogP contribution in [0.4, 0.5) is 5.69 Å². The Morgan fingerprint density at radius 2 is 1.67 bits per heavy atom. The summed E-state index contributed by atoms with van der Waals surface area (Å²) in [6.07, 6.45) is 14.8. The molecule has 0 bridgehead atoms. The first-order chi connectivity index (χ1) is 12.9. The number of hydrogen-bond donors (Lipinski definition) is 0. The van der Waals surface area contributed by atoms with Crippen LogP contribution < -0.4 is 4.90 Å². The van der Waals surface area contributed by atoms with Gasteiger partial charge in [0.2, 0.25) is 0 Å². The van der Waals surface area contributed by atoms with E-state index in [0.29, 0.717) is 5.92 Å². The Balaban J connectivity index is 1.88. The lowest BCUT2D eigenvalue weighted by atomic mass is 9.96. The van der Waals surface area contributed by atoms with E-state index in [-0.39, 0.29) is 0 Å². The van der Waals surface area contributed by atoms with Crippen LogP contribution in [0, 0.1) is 5.92 Å². The summed E-state index contributed by atoms with van der Waals surface area (Å²) in [6, 6.07) is 8.64. The molecule has 0 fully saturated rings. The lowest BCUT2D eigenvalue weighted by molar-refractivity contribution is 0.746. The van der Waals surface area contributed by atoms with Gasteiger partial charge in [0.15, 0.2) is 0 Å². The van der Waals surface area contributed by atoms with E-state index >= 15 is 0 Å². The molecule has 0 N–H and O–H groups in total. The summed E-state index contributed by atoms with van der Waals surface area (Å²) in [4.78, 5) is 2.12. The Kier molecular flexibility index (Phi) is 5.70. The predicted octanol–water partition coefficient (Wildman–Crippen LogP) is 6.88. The smallest absolute Gasteiger partial charge is 0.0361 e. The standard InChI is InChI=1S/C26H31N/c1-18(2)22-13-10-19(3)26-23(16-20(4)25(26)17-22)9-7-8-21-11-14-24(15-12-21)27(5)6/h7-12,14-18H,13H2,1-6H3. The number of benzene rings is 1. The molecule has 0 saturated carbocycles. The van der Waals surface area contributed by atoms with Gasteiger partial charge in [-0.2, -0.15) is 0 Å². The highest BCUT2D eigenvalue weighted by atomic mass is 15.1. The van der Waals surface area contributed by atoms with Crippen LogP contribution >= 0.6 is 0 Å². The van der Waals surface area contributed by atoms with Crippen molar-refractivity contribution in [3.8, 4) is 0 Å². The fraction of sp³-hybridized carbons (Fsp3) is 0.308. The quantitative estimate of drug-likeness (QED) is 0.567. The summed E-state index contributed by atoms with van der Waals surface area (Å²) in [5, 5.41) is 0. The average Bonchev–Trinajstić information content (AvgIpc) is 2.82. The van der Waals surface area contributed by atoms with Crippen LogP contribution in [0.3, 0.4) is 0 Å². The molecule has 0 heterocycles. The Morgan fingerprint density at radius 3 is 2.30 bits per heavy atom. The predicted molar refractivity (Wildman–Crippen MR) is 120 cm³/mol. The van der Waals surface area contributed by atoms with E-state index in [0.717, 1.165) is 6.42 Å². The first kappa shape index (κ1) is 19.2. The van der Waals surface area contributed by atoms with E-state index in [1.807, 2.05) is 0 Å². The fourth-order valence-corrected chi connectivity index (χ4v) is 3.66. The van der Waals surface area contributed by atoms with Gasteiger partial charge in [-0.05, 0) is 71.7 Å². The molecular formula is C26H31N. The van der Waals surface area contributed by atoms with Gasteiger partial charge in [0.25, 0.3) is 0 Å². The lowest BCUT2D eigenvalue weighted by Crippen LogP contribution is -2.07. The van der Waals surface area contributed by atoms with Crippen LogP contribution in [0.2, 0.25) is 0 Å². The molecule has 1 aromatic rings. The second-order valence-electron chi connectivity index (χ2n) is 8.05. The molecule has 1 aromatic carbocycles. The molecular weight excluding hydrogens is 326 g/mol. The minimum atomic E-state index is 0.590. The minimum absolute atomic E-state index is 0.590. The number of anilines is 1. The van der Waals surface area contributed by atoms with Crippen LogP contribution in [-0.2, 0) is 0 Å². The molecule has 0 saturated heterocycles. The lowest BCUT2D eigenvalue weighted by Gasteiger charge is -2.11. The third-order valence-corrected chi connectivity index (χ3v) is 5.44. The third-order valence-electron chi connectivity index (χ3n) is 5.44. The van der Waals surface area contributed by atoms with Crippen molar-refractivity contribution in [3.63, 3.8) is 0 Å². The van der Waals surface area contributed by atoms with Crippen molar-refractivity contribution in [3.05, 3.63) is 93.6 Å². The zero-order chi connectivity index (χ0) is 19.6. The van der Waals surface area contributed by atoms with Gasteiger partial charge in [-0.25, -0.2) is 0 Å². The molecule has 2 aliphatic carbocycles. The van der Waals surface area contributed by atoms with E-state index in [1.165, 1.54) is 44.7 Å². The van der Waals surface area contributed by atoms with Gasteiger partial charge in [0.05, 0.1) is 0 Å². The largest absolute Gasteiger partial charge is 0.378 e. The highest BCUT2D eigenvalue weighted by Crippen LogP contribution is 2.39. The van der Waals surface area contributed by atoms with Gasteiger partial charge in [0.1, 0.15) is 0 Å². The van der Waals surface area contributed by atoms with Crippen molar-refractivity contribution in [1.29, 1.82) is 0 Å². The number of rotatable bonds is 4. The average molecular weight is 358 g/mol. The topological polar surface area (TPSA) is 3.24 Å². The first-order valence-electron chi connectivity index (χ1n) is 9.83. The molecule has 0 spiro atoms. The zero-order valence-electron chi connectivity index (χ0n) is 17.5. The van der Waals surface area contributed by atoms with Crippen molar-refractivity contribution in [2.45, 2.75) is 34.1 Å². The molecule has 0 atom stereocenters. The maximum absolute atomic E-state index is 2.42. The molecule has 2 aliphatic rings. The van der Waals surface area contributed by atoms with Gasteiger partial charge in [-0.1, -0.05) is 68.0 Å². The van der Waals surface area contributed by atoms with Crippen molar-refractivity contribution >= 4 is 11.8 Å². The molecule has 0 radical (unpaired) electrons. The highest BCUT2D eigenvalue weighted by Gasteiger charge is 2.21. The van der Waals surface area contributed by atoms with Crippen molar-refractivity contribution in [2.75, 3.05) is 19.0 Å². The van der Waals surface area contributed by atoms with Crippen LogP contribution in [0.25, 0.3) is 6.08 Å². The Labute approximate surface area is 164 Å². The Morgan fingerprint density at radius 1 is 0.963 bits per heavy atom. The first-order valence-corrected chi connectivity index (χ1v) is 9.83. The van der Waals surface area contributed by atoms with Gasteiger partial charge >= 0.3 is 0 Å². The van der Waals surface area contributed by atoms with Crippen LogP contribution in [0.1, 0.15) is 39.7 Å². The second kappa shape index (κ2) is 8.00. The molecule has 0 amide bonds. The minimum Gasteiger partial charge on any atom is -0.378 e. The van der Waals surface area contributed by atoms with Crippen LogP contribution in [0.15, 0.2) is 88.1 Å². The van der Waals surface area contributed by atoms with E-state index in [2.05, 4.69) is 107 Å². The number of allylic oxidation sites excluding steroid dienone is 11. The molecule has 0 aromatic heterocycles. The second-order valence-corrected chi connectivity index (χ2v) is 8.05. The highest BCUT2D eigenvalue weighted by molar-refractivity contribution is 5.70. The van der Waals surface area contributed by atoms with E-state index in [4.69, 9.17) is 0 Å². The summed E-state index contributed by atoms with van der Waals surface area (Å²) >= 11 is 0. The summed E-state index contributed by atoms with van der Waals surface area (Å²) in [5.41, 5.74) is 10.8. The fourth-order valence-electron chi connectivity index (χ4n) is 3.66. The van der Waals surface area contributed by atoms with Crippen LogP contribution in [-0.4, -0.2) is 14.1 Å². The SMILES string of the molecule is CC1=CC(=CC=Cc2ccc(N(C)C)cc2)C2=C1C=C(C(C)C)CC=C2C. The van der Waals surface area contributed by atoms with Crippen LogP contribution in [0.5, 0.6) is 0 Å². The van der Waals surface area contributed by atoms with E-state index < -0.39 is 0 Å². The van der Waals surface area contributed by atoms with Gasteiger partial charge in [-0.3, -0.25) is 0 Å². The van der Waals surface area contributed by atoms with Gasteiger partial charge < -0.3 is 4.90 Å².